The summed E-state index contributed by atoms with van der Waals surface area (Å²) in [7, 11) is 0. The van der Waals surface area contributed by atoms with Crippen LogP contribution in [0.5, 0.6) is 0 Å². The quantitative estimate of drug-likeness (QED) is 0.253. The monoisotopic (exact) mass is 475 g/mol. The van der Waals surface area contributed by atoms with E-state index in [4.69, 9.17) is 10.4 Å². The van der Waals surface area contributed by atoms with Gasteiger partial charge in [0.25, 0.3) is 0 Å². The van der Waals surface area contributed by atoms with E-state index in [1.54, 1.807) is 13.0 Å². The Balaban J connectivity index is 0.000000214. The van der Waals surface area contributed by atoms with Crippen molar-refractivity contribution in [3.8, 4) is 0 Å². The first-order valence-corrected chi connectivity index (χ1v) is 12.2. The second-order valence-electron chi connectivity index (χ2n) is 6.47. The summed E-state index contributed by atoms with van der Waals surface area (Å²) in [6, 6.07) is 19.6. The van der Waals surface area contributed by atoms with E-state index in [2.05, 4.69) is 9.19 Å². The molecule has 8 nitrogen and oxygen atoms in total. The average Bonchev–Trinajstić information content (AvgIpc) is 2.73. The van der Waals surface area contributed by atoms with Crippen LogP contribution in [0.4, 0.5) is 5.69 Å². The van der Waals surface area contributed by atoms with Crippen LogP contribution in [0.1, 0.15) is 25.3 Å². The summed E-state index contributed by atoms with van der Waals surface area (Å²) < 4.78 is 24.1. The second-order valence-corrected chi connectivity index (χ2v) is 10.0. The van der Waals surface area contributed by atoms with Crippen LogP contribution in [0.25, 0.3) is 10.8 Å². The number of rotatable bonds is 5. The minimum absolute atomic E-state index is 0.103. The molecule has 30 heavy (non-hydrogen) atoms. The molecule has 2 atom stereocenters. The maximum absolute atomic E-state index is 11.4. The van der Waals surface area contributed by atoms with Crippen LogP contribution in [0.15, 0.2) is 66.7 Å². The molecular formula is C21H22AsNO7. The first-order valence-electron chi connectivity index (χ1n) is 8.90. The first-order chi connectivity index (χ1) is 14.2. The molecule has 3 rings (SSSR count). The van der Waals surface area contributed by atoms with Crippen LogP contribution in [-0.2, 0) is 17.2 Å². The van der Waals surface area contributed by atoms with Gasteiger partial charge in [-0.1, -0.05) is 42.5 Å². The molecule has 2 unspecified atom stereocenters. The van der Waals surface area contributed by atoms with Crippen molar-refractivity contribution in [3.63, 3.8) is 0 Å². The van der Waals surface area contributed by atoms with Crippen molar-refractivity contribution in [1.29, 1.82) is 0 Å². The summed E-state index contributed by atoms with van der Waals surface area (Å²) in [6.45, 7) is 2.97. The molecule has 4 N–H and O–H groups in total. The number of aliphatic carboxylic acids is 1. The molecule has 158 valence electrons. The zero-order valence-electron chi connectivity index (χ0n) is 16.4. The molecule has 0 aliphatic carbocycles. The third-order valence-corrected chi connectivity index (χ3v) is 6.83. The Hall–Kier alpha value is -2.90. The molecule has 0 aromatic heterocycles. The minimum atomic E-state index is -4.92. The molecule has 0 aliphatic rings. The zero-order valence-corrected chi connectivity index (χ0v) is 18.2. The van der Waals surface area contributed by atoms with Gasteiger partial charge in [0.2, 0.25) is 0 Å². The molecule has 3 aromatic carbocycles. The van der Waals surface area contributed by atoms with Crippen molar-refractivity contribution in [3.05, 3.63) is 72.3 Å². The van der Waals surface area contributed by atoms with Crippen LogP contribution in [0.3, 0.4) is 0 Å². The molecule has 3 aromatic rings. The number of anilines is 1. The van der Waals surface area contributed by atoms with Gasteiger partial charge in [0.05, 0.1) is 5.92 Å². The number of fused-ring (bicyclic) bond motifs is 1. The van der Waals surface area contributed by atoms with E-state index in [1.165, 1.54) is 25.1 Å². The summed E-state index contributed by atoms with van der Waals surface area (Å²) in [5.41, 5.74) is 1.00. The fourth-order valence-corrected chi connectivity index (χ4v) is 4.35. The molecule has 0 bridgehead atoms. The molecule has 0 radical (unpaired) electrons. The number of amides is 1. The molecule has 9 heteroatoms. The maximum atomic E-state index is 11.4. The number of nitrogens with one attached hydrogen (secondary N) is 1. The summed E-state index contributed by atoms with van der Waals surface area (Å²) in [4.78, 5) is 21.6. The van der Waals surface area contributed by atoms with Crippen molar-refractivity contribution in [2.24, 2.45) is 0 Å². The smallest absolute Gasteiger partial charge is 0.310 e. The van der Waals surface area contributed by atoms with Gasteiger partial charge >= 0.3 is 94.4 Å². The predicted molar refractivity (Wildman–Crippen MR) is 113 cm³/mol. The minimum Gasteiger partial charge on any atom is -0.481 e. The van der Waals surface area contributed by atoms with E-state index in [9.17, 15) is 17.4 Å². The number of carboxylic acid groups (broad SMARTS) is 1. The normalized spacial score (nSPS) is 13.5. The van der Waals surface area contributed by atoms with Gasteiger partial charge in [0.15, 0.2) is 0 Å². The Bertz CT molecular complexity index is 1100. The van der Waals surface area contributed by atoms with Gasteiger partial charge in [-0.25, -0.2) is 0 Å². The Morgan fingerprint density at radius 2 is 1.60 bits per heavy atom. The topological polar surface area (TPSA) is 133 Å². The largest absolute Gasteiger partial charge is 0.481 e. The van der Waals surface area contributed by atoms with E-state index >= 15 is 0 Å². The summed E-state index contributed by atoms with van der Waals surface area (Å²) in [5.74, 6) is -1.62. The number of benzene rings is 3. The number of carbonyl (C=O) groups excluding carboxylic acids is 1. The SMILES string of the molecule is CC(=O)Nc1ccccc1[As](=O)(O)OO.CC(C(=O)O)c1ccc2ccccc2c1. The number of para-hydroxylation sites is 1. The van der Waals surface area contributed by atoms with Crippen LogP contribution in [0.2, 0.25) is 0 Å². The average molecular weight is 475 g/mol. The number of carboxylic acids is 1. The summed E-state index contributed by atoms with van der Waals surface area (Å²) >= 11 is -4.92. The molecule has 0 saturated carbocycles. The summed E-state index contributed by atoms with van der Waals surface area (Å²) in [5, 5.41) is 21.8. The second kappa shape index (κ2) is 10.2. The molecule has 0 saturated heterocycles. The first kappa shape index (κ1) is 23.4. The molecule has 1 amide bonds. The molecule has 0 heterocycles. The fraction of sp³-hybridized carbons (Fsp3) is 0.143. The van der Waals surface area contributed by atoms with E-state index in [1.807, 2.05) is 42.5 Å². The van der Waals surface area contributed by atoms with Crippen molar-refractivity contribution in [2.45, 2.75) is 19.8 Å². The third kappa shape index (κ3) is 6.05. The van der Waals surface area contributed by atoms with Gasteiger partial charge in [-0.05, 0) is 23.3 Å². The van der Waals surface area contributed by atoms with E-state index in [-0.39, 0.29) is 15.9 Å². The standard InChI is InChI=1S/C13H12O2.C8H10AsNO5/c1-9(13(14)15)11-7-6-10-4-2-3-5-12(10)8-11;1-6(11)10-8-5-3-2-4-7(8)9(12,13)15-14/h2-9H,1H3,(H,14,15);2-5,14H,1H3,(H,10,11)(H,12,13). The zero-order chi connectivity index (χ0) is 22.3. The Labute approximate surface area is 176 Å². The van der Waals surface area contributed by atoms with Crippen LogP contribution in [0, 0.1) is 0 Å². The van der Waals surface area contributed by atoms with Crippen LogP contribution >= 0.6 is 0 Å². The van der Waals surface area contributed by atoms with Crippen molar-refractivity contribution in [1.82, 2.24) is 0 Å². The van der Waals surface area contributed by atoms with Gasteiger partial charge < -0.3 is 5.11 Å². The summed E-state index contributed by atoms with van der Waals surface area (Å²) in [6.07, 6.45) is 0. The van der Waals surface area contributed by atoms with Gasteiger partial charge in [-0.2, -0.15) is 0 Å². The van der Waals surface area contributed by atoms with Gasteiger partial charge in [-0.3, -0.25) is 4.79 Å². The van der Waals surface area contributed by atoms with Gasteiger partial charge in [-0.15, -0.1) is 0 Å². The van der Waals surface area contributed by atoms with Crippen LogP contribution in [-0.4, -0.2) is 40.5 Å². The van der Waals surface area contributed by atoms with E-state index < -0.39 is 26.1 Å². The Kier molecular flexibility index (Phi) is 7.97. The van der Waals surface area contributed by atoms with E-state index in [0.717, 1.165) is 16.3 Å². The van der Waals surface area contributed by atoms with Crippen molar-refractivity contribution >= 4 is 46.9 Å². The fourth-order valence-electron chi connectivity index (χ4n) is 2.68. The van der Waals surface area contributed by atoms with Gasteiger partial charge in [0, 0.05) is 0 Å². The number of hydrogen-bond acceptors (Lipinski definition) is 5. The van der Waals surface area contributed by atoms with Gasteiger partial charge in [0.1, 0.15) is 0 Å². The molecule has 0 aliphatic heterocycles. The number of hydrogen-bond donors (Lipinski definition) is 4. The Morgan fingerprint density at radius 3 is 2.20 bits per heavy atom. The van der Waals surface area contributed by atoms with Crippen molar-refractivity contribution in [2.75, 3.05) is 5.32 Å². The van der Waals surface area contributed by atoms with Crippen molar-refractivity contribution < 1.29 is 31.7 Å². The molecule has 0 fully saturated rings. The third-order valence-electron chi connectivity index (χ3n) is 4.27. The maximum Gasteiger partial charge on any atom is 0.310 e. The predicted octanol–water partition coefficient (Wildman–Crippen LogP) is 2.73. The van der Waals surface area contributed by atoms with E-state index in [0.29, 0.717) is 0 Å². The number of carbonyl (C=O) groups is 2. The molecular weight excluding hydrogens is 453 g/mol. The Morgan fingerprint density at radius 1 is 1.00 bits per heavy atom. The van der Waals surface area contributed by atoms with Crippen LogP contribution < -0.4 is 9.67 Å². The molecule has 0 spiro atoms.